The summed E-state index contributed by atoms with van der Waals surface area (Å²) in [6.07, 6.45) is 1.88. The van der Waals surface area contributed by atoms with Crippen molar-refractivity contribution in [1.29, 1.82) is 0 Å². The van der Waals surface area contributed by atoms with Gasteiger partial charge in [0.1, 0.15) is 5.82 Å². The van der Waals surface area contributed by atoms with Gasteiger partial charge in [-0.25, -0.2) is 4.98 Å². The van der Waals surface area contributed by atoms with Crippen LogP contribution < -0.4 is 5.32 Å². The van der Waals surface area contributed by atoms with Crippen LogP contribution in [0.2, 0.25) is 0 Å². The fraction of sp³-hybridized carbons (Fsp3) is 0.214. The van der Waals surface area contributed by atoms with Crippen molar-refractivity contribution in [2.75, 3.05) is 12.4 Å². The third-order valence-corrected chi connectivity index (χ3v) is 2.13. The summed E-state index contributed by atoms with van der Waals surface area (Å²) in [6, 6.07) is 14.3. The number of hydrogen-bond acceptors (Lipinski definition) is 2. The molecule has 0 spiro atoms. The number of aromatic nitrogens is 1. The molecule has 1 heterocycles. The summed E-state index contributed by atoms with van der Waals surface area (Å²) in [5.74, 6) is 0.893. The van der Waals surface area contributed by atoms with E-state index in [9.17, 15) is 0 Å². The van der Waals surface area contributed by atoms with Crippen LogP contribution in [-0.4, -0.2) is 12.0 Å². The molecule has 0 aliphatic rings. The second-order valence-corrected chi connectivity index (χ2v) is 3.05. The molecule has 0 radical (unpaired) electrons. The van der Waals surface area contributed by atoms with Gasteiger partial charge in [0, 0.05) is 18.8 Å². The van der Waals surface area contributed by atoms with Crippen molar-refractivity contribution in [1.82, 2.24) is 4.98 Å². The summed E-state index contributed by atoms with van der Waals surface area (Å²) < 4.78 is 0. The van der Waals surface area contributed by atoms with Crippen LogP contribution in [0.1, 0.15) is 13.8 Å². The molecule has 0 atom stereocenters. The van der Waals surface area contributed by atoms with Crippen molar-refractivity contribution in [3.8, 4) is 11.1 Å². The summed E-state index contributed by atoms with van der Waals surface area (Å²) in [6.45, 7) is 4.00. The summed E-state index contributed by atoms with van der Waals surface area (Å²) in [5, 5.41) is 2.99. The maximum atomic E-state index is 4.26. The molecule has 2 heteroatoms. The van der Waals surface area contributed by atoms with Gasteiger partial charge in [0.2, 0.25) is 0 Å². The summed E-state index contributed by atoms with van der Waals surface area (Å²) in [7, 11) is 1.87. The lowest BCUT2D eigenvalue weighted by Gasteiger charge is -2.02. The number of nitrogens with one attached hydrogen (secondary N) is 1. The van der Waals surface area contributed by atoms with Crippen LogP contribution in [0.5, 0.6) is 0 Å². The van der Waals surface area contributed by atoms with Crippen LogP contribution in [-0.2, 0) is 0 Å². The Morgan fingerprint density at radius 1 is 0.875 bits per heavy atom. The number of anilines is 1. The molecule has 1 N–H and O–H groups in total. The Morgan fingerprint density at radius 3 is 2.06 bits per heavy atom. The van der Waals surface area contributed by atoms with E-state index in [2.05, 4.69) is 28.5 Å². The first-order valence-electron chi connectivity index (χ1n) is 5.59. The van der Waals surface area contributed by atoms with Crippen molar-refractivity contribution in [2.24, 2.45) is 0 Å². The highest BCUT2D eigenvalue weighted by atomic mass is 14.9. The molecule has 0 amide bonds. The highest BCUT2D eigenvalue weighted by Crippen LogP contribution is 2.18. The maximum absolute atomic E-state index is 4.26. The zero-order valence-electron chi connectivity index (χ0n) is 10.1. The Kier molecular flexibility index (Phi) is 5.06. The van der Waals surface area contributed by atoms with Gasteiger partial charge in [-0.1, -0.05) is 44.2 Å². The summed E-state index contributed by atoms with van der Waals surface area (Å²) >= 11 is 0. The fourth-order valence-electron chi connectivity index (χ4n) is 1.34. The van der Waals surface area contributed by atoms with E-state index in [1.807, 2.05) is 51.4 Å². The van der Waals surface area contributed by atoms with Gasteiger partial charge < -0.3 is 5.32 Å². The Balaban J connectivity index is 0.000000606. The average Bonchev–Trinajstić information content (AvgIpc) is 2.42. The minimum absolute atomic E-state index is 0.893. The van der Waals surface area contributed by atoms with Gasteiger partial charge in [0.25, 0.3) is 0 Å². The van der Waals surface area contributed by atoms with E-state index >= 15 is 0 Å². The summed E-state index contributed by atoms with van der Waals surface area (Å²) in [5.41, 5.74) is 2.34. The van der Waals surface area contributed by atoms with Gasteiger partial charge in [-0.05, 0) is 17.7 Å². The second kappa shape index (κ2) is 6.62. The molecule has 1 aromatic carbocycles. The van der Waals surface area contributed by atoms with Crippen LogP contribution >= 0.6 is 0 Å². The Bertz CT molecular complexity index is 393. The Hall–Kier alpha value is -1.83. The van der Waals surface area contributed by atoms with Crippen LogP contribution in [0.4, 0.5) is 5.82 Å². The molecule has 0 saturated heterocycles. The highest BCUT2D eigenvalue weighted by molar-refractivity contribution is 5.63. The van der Waals surface area contributed by atoms with Crippen molar-refractivity contribution in [3.05, 3.63) is 48.7 Å². The molecule has 0 aliphatic heterocycles. The first-order valence-corrected chi connectivity index (χ1v) is 5.59. The van der Waals surface area contributed by atoms with Gasteiger partial charge in [-0.3, -0.25) is 0 Å². The van der Waals surface area contributed by atoms with Crippen molar-refractivity contribution in [3.63, 3.8) is 0 Å². The number of hydrogen-bond donors (Lipinski definition) is 1. The predicted molar refractivity (Wildman–Crippen MR) is 70.6 cm³/mol. The van der Waals surface area contributed by atoms with E-state index in [1.165, 1.54) is 5.56 Å². The lowest BCUT2D eigenvalue weighted by molar-refractivity contribution is 1.29. The number of nitrogens with zero attached hydrogens (tertiary/aromatic N) is 1. The molecule has 2 rings (SSSR count). The molecule has 0 aliphatic carbocycles. The Morgan fingerprint density at radius 2 is 1.56 bits per heavy atom. The minimum atomic E-state index is 0.893. The molecule has 1 aromatic heterocycles. The predicted octanol–water partition coefficient (Wildman–Crippen LogP) is 3.82. The highest BCUT2D eigenvalue weighted by Gasteiger charge is 1.96. The quantitative estimate of drug-likeness (QED) is 0.822. The van der Waals surface area contributed by atoms with E-state index in [1.54, 1.807) is 0 Å². The van der Waals surface area contributed by atoms with Gasteiger partial charge >= 0.3 is 0 Å². The van der Waals surface area contributed by atoms with E-state index in [4.69, 9.17) is 0 Å². The fourth-order valence-corrected chi connectivity index (χ4v) is 1.34. The van der Waals surface area contributed by atoms with Crippen LogP contribution in [0.3, 0.4) is 0 Å². The molecule has 0 fully saturated rings. The molecule has 84 valence electrons. The molecule has 16 heavy (non-hydrogen) atoms. The molecular formula is C14H18N2. The topological polar surface area (TPSA) is 24.9 Å². The molecule has 0 unspecified atom stereocenters. The standard InChI is InChI=1S/C12H12N2.C2H6/c1-13-12-8-7-11(9-14-12)10-5-3-2-4-6-10;1-2/h2-9H,1H3,(H,13,14);1-2H3. The average molecular weight is 214 g/mol. The van der Waals surface area contributed by atoms with Crippen molar-refractivity contribution >= 4 is 5.82 Å². The van der Waals surface area contributed by atoms with Gasteiger partial charge in [0.05, 0.1) is 0 Å². The molecule has 0 bridgehead atoms. The van der Waals surface area contributed by atoms with Crippen molar-refractivity contribution in [2.45, 2.75) is 13.8 Å². The lowest BCUT2D eigenvalue weighted by Crippen LogP contribution is -1.90. The van der Waals surface area contributed by atoms with E-state index in [-0.39, 0.29) is 0 Å². The van der Waals surface area contributed by atoms with E-state index < -0.39 is 0 Å². The molecule has 0 saturated carbocycles. The van der Waals surface area contributed by atoms with Gasteiger partial charge in [0.15, 0.2) is 0 Å². The zero-order chi connectivity index (χ0) is 11.8. The molecule has 2 aromatic rings. The third kappa shape index (κ3) is 3.09. The smallest absolute Gasteiger partial charge is 0.125 e. The number of pyridine rings is 1. The number of benzene rings is 1. The maximum Gasteiger partial charge on any atom is 0.125 e. The SMILES string of the molecule is CC.CNc1ccc(-c2ccccc2)cn1. The zero-order valence-corrected chi connectivity index (χ0v) is 10.1. The largest absolute Gasteiger partial charge is 0.373 e. The van der Waals surface area contributed by atoms with Gasteiger partial charge in [-0.15, -0.1) is 0 Å². The number of rotatable bonds is 2. The van der Waals surface area contributed by atoms with Crippen LogP contribution in [0.15, 0.2) is 48.7 Å². The summed E-state index contributed by atoms with van der Waals surface area (Å²) in [4.78, 5) is 4.26. The lowest BCUT2D eigenvalue weighted by atomic mass is 10.1. The van der Waals surface area contributed by atoms with Crippen molar-refractivity contribution < 1.29 is 0 Å². The van der Waals surface area contributed by atoms with Gasteiger partial charge in [-0.2, -0.15) is 0 Å². The first-order chi connectivity index (χ1) is 7.90. The van der Waals surface area contributed by atoms with E-state index in [0.29, 0.717) is 0 Å². The second-order valence-electron chi connectivity index (χ2n) is 3.05. The van der Waals surface area contributed by atoms with Crippen LogP contribution in [0, 0.1) is 0 Å². The monoisotopic (exact) mass is 214 g/mol. The Labute approximate surface area is 97.4 Å². The molecular weight excluding hydrogens is 196 g/mol. The normalized spacial score (nSPS) is 8.94. The molecule has 2 nitrogen and oxygen atoms in total. The van der Waals surface area contributed by atoms with E-state index in [0.717, 1.165) is 11.4 Å². The first kappa shape index (κ1) is 12.2. The minimum Gasteiger partial charge on any atom is -0.373 e. The third-order valence-electron chi connectivity index (χ3n) is 2.13. The van der Waals surface area contributed by atoms with Crippen LogP contribution in [0.25, 0.3) is 11.1 Å².